The summed E-state index contributed by atoms with van der Waals surface area (Å²) in [5.74, 6) is 1.40. The Morgan fingerprint density at radius 3 is 2.43 bits per heavy atom. The monoisotopic (exact) mass is 430 g/mol. The summed E-state index contributed by atoms with van der Waals surface area (Å²) in [6, 6.07) is 12.6. The van der Waals surface area contributed by atoms with Crippen LogP contribution in [0.5, 0.6) is 5.75 Å². The summed E-state index contributed by atoms with van der Waals surface area (Å²) in [5, 5.41) is 7.15. The lowest BCUT2D eigenvalue weighted by Crippen LogP contribution is -2.30. The third kappa shape index (κ3) is 4.63. The number of aryl methyl sites for hydroxylation is 1. The fourth-order valence-corrected chi connectivity index (χ4v) is 4.50. The van der Waals surface area contributed by atoms with E-state index in [0.717, 1.165) is 11.1 Å². The Labute approximate surface area is 176 Å². The summed E-state index contributed by atoms with van der Waals surface area (Å²) in [6.07, 6.45) is 0. The second-order valence-corrected chi connectivity index (χ2v) is 8.62. The molecule has 2 aromatic carbocycles. The van der Waals surface area contributed by atoms with Crippen molar-refractivity contribution in [1.82, 2.24) is 14.4 Å². The first-order valence-electron chi connectivity index (χ1n) is 9.70. The summed E-state index contributed by atoms with van der Waals surface area (Å²) >= 11 is 0. The molecule has 0 aliphatic rings. The molecule has 8 nitrogen and oxygen atoms in total. The van der Waals surface area contributed by atoms with Gasteiger partial charge in [-0.25, -0.2) is 8.42 Å². The van der Waals surface area contributed by atoms with Gasteiger partial charge in [0.15, 0.2) is 0 Å². The van der Waals surface area contributed by atoms with Gasteiger partial charge in [-0.2, -0.15) is 9.29 Å². The van der Waals surface area contributed by atoms with Crippen molar-refractivity contribution in [2.24, 2.45) is 0 Å². The van der Waals surface area contributed by atoms with Gasteiger partial charge in [0.1, 0.15) is 5.75 Å². The van der Waals surface area contributed by atoms with Gasteiger partial charge in [0, 0.05) is 18.7 Å². The summed E-state index contributed by atoms with van der Waals surface area (Å²) in [4.78, 5) is 4.59. The molecule has 30 heavy (non-hydrogen) atoms. The number of methoxy groups -OCH3 is 1. The Bertz CT molecular complexity index is 1090. The van der Waals surface area contributed by atoms with Crippen LogP contribution < -0.4 is 10.1 Å². The Hall–Kier alpha value is -2.91. The number of hydrogen-bond donors (Lipinski definition) is 1. The zero-order valence-corrected chi connectivity index (χ0v) is 18.4. The van der Waals surface area contributed by atoms with Crippen LogP contribution in [-0.2, 0) is 16.6 Å². The quantitative estimate of drug-likeness (QED) is 0.553. The van der Waals surface area contributed by atoms with Gasteiger partial charge >= 0.3 is 0 Å². The number of ether oxygens (including phenoxy) is 1. The van der Waals surface area contributed by atoms with Crippen LogP contribution in [-0.4, -0.2) is 43.1 Å². The van der Waals surface area contributed by atoms with Crippen molar-refractivity contribution in [3.8, 4) is 17.1 Å². The molecule has 9 heteroatoms. The van der Waals surface area contributed by atoms with E-state index in [-0.39, 0.29) is 11.4 Å². The molecule has 3 aromatic rings. The molecule has 1 heterocycles. The molecular weight excluding hydrogens is 404 g/mol. The molecule has 0 saturated heterocycles. The molecule has 0 unspecified atom stereocenters. The van der Waals surface area contributed by atoms with Crippen LogP contribution in [0.1, 0.15) is 25.3 Å². The largest absolute Gasteiger partial charge is 0.495 e. The summed E-state index contributed by atoms with van der Waals surface area (Å²) in [6.45, 7) is 6.66. The van der Waals surface area contributed by atoms with E-state index in [2.05, 4.69) is 15.5 Å². The highest BCUT2D eigenvalue weighted by Crippen LogP contribution is 2.29. The number of anilines is 1. The molecule has 160 valence electrons. The number of sulfonamides is 1. The van der Waals surface area contributed by atoms with E-state index < -0.39 is 10.0 Å². The van der Waals surface area contributed by atoms with E-state index in [9.17, 15) is 8.42 Å². The molecule has 0 fully saturated rings. The minimum Gasteiger partial charge on any atom is -0.495 e. The van der Waals surface area contributed by atoms with Gasteiger partial charge in [0.05, 0.1) is 24.2 Å². The van der Waals surface area contributed by atoms with Gasteiger partial charge in [-0.15, -0.1) is 0 Å². The average Bonchev–Trinajstić information content (AvgIpc) is 3.22. The molecule has 0 radical (unpaired) electrons. The van der Waals surface area contributed by atoms with Crippen LogP contribution in [0.15, 0.2) is 51.9 Å². The highest BCUT2D eigenvalue weighted by Gasteiger charge is 2.23. The van der Waals surface area contributed by atoms with E-state index in [1.165, 1.54) is 11.4 Å². The van der Waals surface area contributed by atoms with Gasteiger partial charge in [-0.05, 0) is 25.1 Å². The number of aromatic nitrogens is 2. The van der Waals surface area contributed by atoms with Gasteiger partial charge in [0.2, 0.25) is 21.7 Å². The van der Waals surface area contributed by atoms with Gasteiger partial charge < -0.3 is 14.6 Å². The fraction of sp³-hybridized carbons (Fsp3) is 0.333. The molecule has 0 spiro atoms. The van der Waals surface area contributed by atoms with Crippen molar-refractivity contribution in [3.63, 3.8) is 0 Å². The third-order valence-electron chi connectivity index (χ3n) is 4.72. The van der Waals surface area contributed by atoms with Crippen molar-refractivity contribution in [3.05, 3.63) is 53.9 Å². The predicted octanol–water partition coefficient (Wildman–Crippen LogP) is 3.70. The number of benzene rings is 2. The van der Waals surface area contributed by atoms with Crippen LogP contribution in [0, 0.1) is 6.92 Å². The first-order chi connectivity index (χ1) is 14.4. The van der Waals surface area contributed by atoms with Crippen molar-refractivity contribution >= 4 is 15.7 Å². The number of nitrogens with one attached hydrogen (secondary N) is 1. The van der Waals surface area contributed by atoms with E-state index in [0.29, 0.717) is 36.2 Å². The van der Waals surface area contributed by atoms with E-state index in [1.807, 2.05) is 45.0 Å². The van der Waals surface area contributed by atoms with E-state index >= 15 is 0 Å². The molecule has 0 amide bonds. The van der Waals surface area contributed by atoms with E-state index in [4.69, 9.17) is 9.26 Å². The standard InChI is InChI=1S/C21H26N4O4S/c1-5-25(6-2)30(26,27)17-11-12-19(28-4)18(13-17)22-14-20-23-21(24-29-20)16-9-7-15(3)8-10-16/h7-13,22H,5-6,14H2,1-4H3. The SMILES string of the molecule is CCN(CC)S(=O)(=O)c1ccc(OC)c(NCc2nc(-c3ccc(C)cc3)no2)c1. The second kappa shape index (κ2) is 9.27. The Kier molecular flexibility index (Phi) is 6.73. The van der Waals surface area contributed by atoms with Crippen LogP contribution in [0.25, 0.3) is 11.4 Å². The van der Waals surface area contributed by atoms with Gasteiger partial charge in [-0.1, -0.05) is 48.8 Å². The van der Waals surface area contributed by atoms with Gasteiger partial charge in [0.25, 0.3) is 0 Å². The average molecular weight is 431 g/mol. The molecule has 0 aliphatic carbocycles. The second-order valence-electron chi connectivity index (χ2n) is 6.68. The molecule has 1 N–H and O–H groups in total. The maximum absolute atomic E-state index is 12.8. The Morgan fingerprint density at radius 2 is 1.80 bits per heavy atom. The lowest BCUT2D eigenvalue weighted by Gasteiger charge is -2.19. The summed E-state index contributed by atoms with van der Waals surface area (Å²) in [5.41, 5.74) is 2.54. The fourth-order valence-electron chi connectivity index (χ4n) is 3.02. The van der Waals surface area contributed by atoms with Crippen LogP contribution >= 0.6 is 0 Å². The first kappa shape index (κ1) is 21.8. The summed E-state index contributed by atoms with van der Waals surface area (Å²) < 4.78 is 37.7. The molecule has 0 atom stereocenters. The molecule has 1 aromatic heterocycles. The topological polar surface area (TPSA) is 97.6 Å². The van der Waals surface area contributed by atoms with Crippen LogP contribution in [0.2, 0.25) is 0 Å². The maximum atomic E-state index is 12.8. The molecule has 0 aliphatic heterocycles. The molecular formula is C21H26N4O4S. The van der Waals surface area contributed by atoms with Crippen LogP contribution in [0.3, 0.4) is 0 Å². The lowest BCUT2D eigenvalue weighted by molar-refractivity contribution is 0.383. The zero-order valence-electron chi connectivity index (χ0n) is 17.5. The number of hydrogen-bond acceptors (Lipinski definition) is 7. The molecule has 3 rings (SSSR count). The zero-order chi connectivity index (χ0) is 21.7. The molecule has 0 bridgehead atoms. The third-order valence-corrected chi connectivity index (χ3v) is 6.77. The highest BCUT2D eigenvalue weighted by atomic mass is 32.2. The Balaban J connectivity index is 1.80. The normalized spacial score (nSPS) is 11.6. The van der Waals surface area contributed by atoms with Crippen molar-refractivity contribution in [2.45, 2.75) is 32.2 Å². The van der Waals surface area contributed by atoms with Crippen molar-refractivity contribution in [1.29, 1.82) is 0 Å². The lowest BCUT2D eigenvalue weighted by atomic mass is 10.1. The maximum Gasteiger partial charge on any atom is 0.246 e. The van der Waals surface area contributed by atoms with Gasteiger partial charge in [-0.3, -0.25) is 0 Å². The predicted molar refractivity (Wildman–Crippen MR) is 115 cm³/mol. The van der Waals surface area contributed by atoms with Crippen molar-refractivity contribution in [2.75, 3.05) is 25.5 Å². The first-order valence-corrected chi connectivity index (χ1v) is 11.1. The minimum atomic E-state index is -3.58. The highest BCUT2D eigenvalue weighted by molar-refractivity contribution is 7.89. The Morgan fingerprint density at radius 1 is 1.10 bits per heavy atom. The van der Waals surface area contributed by atoms with Crippen molar-refractivity contribution < 1.29 is 17.7 Å². The summed E-state index contributed by atoms with van der Waals surface area (Å²) in [7, 11) is -2.05. The smallest absolute Gasteiger partial charge is 0.246 e. The number of nitrogens with zero attached hydrogens (tertiary/aromatic N) is 3. The minimum absolute atomic E-state index is 0.195. The van der Waals surface area contributed by atoms with Crippen LogP contribution in [0.4, 0.5) is 5.69 Å². The number of rotatable bonds is 9. The molecule has 0 saturated carbocycles. The van der Waals surface area contributed by atoms with E-state index in [1.54, 1.807) is 18.2 Å².